The molecule has 9 heteroatoms. The largest absolute Gasteiger partial charge is 0.444 e. The van der Waals surface area contributed by atoms with Crippen molar-refractivity contribution < 1.29 is 18.8 Å². The van der Waals surface area contributed by atoms with Gasteiger partial charge in [-0.15, -0.1) is 23.2 Å². The van der Waals surface area contributed by atoms with Gasteiger partial charge in [0, 0.05) is 49.9 Å². The fourth-order valence-electron chi connectivity index (χ4n) is 3.20. The average molecular weight is 505 g/mol. The molecule has 0 unspecified atom stereocenters. The van der Waals surface area contributed by atoms with Gasteiger partial charge in [0.15, 0.2) is 0 Å². The Hall–Kier alpha value is -1.70. The van der Waals surface area contributed by atoms with Crippen LogP contribution in [0.1, 0.15) is 32.8 Å². The molecule has 188 valence electrons. The summed E-state index contributed by atoms with van der Waals surface area (Å²) < 4.78 is 6.19. The van der Waals surface area contributed by atoms with Gasteiger partial charge in [0.05, 0.1) is 27.7 Å². The number of alkyl carbamates (subject to hydrolysis) is 1. The Morgan fingerprint density at radius 3 is 2.12 bits per heavy atom. The van der Waals surface area contributed by atoms with Crippen LogP contribution < -0.4 is 15.5 Å². The number of benzene rings is 1. The zero-order chi connectivity index (χ0) is 25.1. The van der Waals surface area contributed by atoms with E-state index in [-0.39, 0.29) is 5.91 Å². The number of alkyl halides is 2. The standard InChI is InChI=1S/C24H40Cl2N4O3/c1-24(2,3)33-23(32)28-21(22(31)27-14-7-17-30(4,5)6)18-19-8-10-20(11-9-19)29(15-12-25)16-13-26/h8-11,21H,7,12-18H2,1-6H3,(H-,27,28,31,32)/p+1/t21-/m0/s1. The summed E-state index contributed by atoms with van der Waals surface area (Å²) in [6.45, 7) is 8.26. The third kappa shape index (κ3) is 12.9. The summed E-state index contributed by atoms with van der Waals surface area (Å²) in [7, 11) is 6.33. The van der Waals surface area contributed by atoms with Crippen LogP contribution >= 0.6 is 23.2 Å². The fraction of sp³-hybridized carbons (Fsp3) is 0.667. The van der Waals surface area contributed by atoms with Crippen LogP contribution in [0.4, 0.5) is 10.5 Å². The lowest BCUT2D eigenvalue weighted by Crippen LogP contribution is -2.49. The zero-order valence-electron chi connectivity index (χ0n) is 20.9. The van der Waals surface area contributed by atoms with E-state index in [0.29, 0.717) is 37.8 Å². The number of nitrogens with zero attached hydrogens (tertiary/aromatic N) is 2. The Labute approximate surface area is 209 Å². The van der Waals surface area contributed by atoms with Crippen LogP contribution in [-0.2, 0) is 16.0 Å². The highest BCUT2D eigenvalue weighted by Gasteiger charge is 2.25. The zero-order valence-corrected chi connectivity index (χ0v) is 22.4. The van der Waals surface area contributed by atoms with Gasteiger partial charge in [0.25, 0.3) is 0 Å². The van der Waals surface area contributed by atoms with Gasteiger partial charge in [-0.25, -0.2) is 4.79 Å². The van der Waals surface area contributed by atoms with Crippen molar-refractivity contribution in [3.8, 4) is 0 Å². The van der Waals surface area contributed by atoms with E-state index >= 15 is 0 Å². The van der Waals surface area contributed by atoms with Crippen molar-refractivity contribution in [2.45, 2.75) is 45.3 Å². The topological polar surface area (TPSA) is 70.7 Å². The molecule has 0 aliphatic heterocycles. The van der Waals surface area contributed by atoms with E-state index in [1.165, 1.54) is 0 Å². The number of hydrogen-bond acceptors (Lipinski definition) is 4. The van der Waals surface area contributed by atoms with E-state index in [1.54, 1.807) is 20.8 Å². The van der Waals surface area contributed by atoms with Crippen LogP contribution in [0.2, 0.25) is 0 Å². The second-order valence-corrected chi connectivity index (χ2v) is 10.8. The third-order valence-electron chi connectivity index (χ3n) is 4.76. The molecule has 0 aromatic heterocycles. The van der Waals surface area contributed by atoms with Crippen molar-refractivity contribution >= 4 is 40.9 Å². The lowest BCUT2D eigenvalue weighted by atomic mass is 10.0. The van der Waals surface area contributed by atoms with Crippen molar-refractivity contribution in [1.29, 1.82) is 0 Å². The number of carbonyl (C=O) groups is 2. The summed E-state index contributed by atoms with van der Waals surface area (Å²) in [5, 5.41) is 5.68. The van der Waals surface area contributed by atoms with Gasteiger partial charge >= 0.3 is 6.09 Å². The van der Waals surface area contributed by atoms with Crippen molar-refractivity contribution in [3.63, 3.8) is 0 Å². The van der Waals surface area contributed by atoms with Crippen LogP contribution in [0.5, 0.6) is 0 Å². The van der Waals surface area contributed by atoms with E-state index in [9.17, 15) is 9.59 Å². The molecule has 0 bridgehead atoms. The Balaban J connectivity index is 2.87. The van der Waals surface area contributed by atoms with Crippen molar-refractivity contribution in [2.24, 2.45) is 0 Å². The summed E-state index contributed by atoms with van der Waals surface area (Å²) >= 11 is 11.8. The quantitative estimate of drug-likeness (QED) is 0.245. The van der Waals surface area contributed by atoms with E-state index < -0.39 is 17.7 Å². The second-order valence-electron chi connectivity index (χ2n) is 10.1. The minimum Gasteiger partial charge on any atom is -0.444 e. The van der Waals surface area contributed by atoms with Gasteiger partial charge in [-0.3, -0.25) is 4.79 Å². The number of rotatable bonds is 13. The first-order chi connectivity index (χ1) is 15.3. The summed E-state index contributed by atoms with van der Waals surface area (Å²) in [6, 6.07) is 7.14. The number of halogens is 2. The summed E-state index contributed by atoms with van der Waals surface area (Å²) in [4.78, 5) is 27.4. The third-order valence-corrected chi connectivity index (χ3v) is 5.10. The molecule has 0 saturated carbocycles. The lowest BCUT2D eigenvalue weighted by Gasteiger charge is -2.25. The van der Waals surface area contributed by atoms with Gasteiger partial charge in [0.2, 0.25) is 5.91 Å². The SMILES string of the molecule is CC(C)(C)OC(=O)N[C@@H](Cc1ccc(N(CCCl)CCCl)cc1)C(=O)NCCC[N+](C)(C)C. The molecule has 33 heavy (non-hydrogen) atoms. The molecule has 0 saturated heterocycles. The second kappa shape index (κ2) is 13.9. The van der Waals surface area contributed by atoms with Crippen LogP contribution in [0.15, 0.2) is 24.3 Å². The van der Waals surface area contributed by atoms with Crippen LogP contribution in [-0.4, -0.2) is 87.2 Å². The molecule has 1 aromatic rings. The molecule has 1 atom stereocenters. The molecule has 2 amide bonds. The van der Waals surface area contributed by atoms with Gasteiger partial charge in [-0.05, 0) is 38.5 Å². The molecule has 1 aromatic carbocycles. The van der Waals surface area contributed by atoms with E-state index in [0.717, 1.165) is 28.7 Å². The normalized spacial score (nSPS) is 12.7. The first-order valence-electron chi connectivity index (χ1n) is 11.4. The fourth-order valence-corrected chi connectivity index (χ4v) is 3.61. The molecule has 0 aliphatic carbocycles. The summed E-state index contributed by atoms with van der Waals surface area (Å²) in [5.41, 5.74) is 1.30. The molecule has 0 spiro atoms. The van der Waals surface area contributed by atoms with Gasteiger partial charge < -0.3 is 24.8 Å². The highest BCUT2D eigenvalue weighted by molar-refractivity contribution is 6.18. The maximum Gasteiger partial charge on any atom is 0.408 e. The maximum absolute atomic E-state index is 12.9. The van der Waals surface area contributed by atoms with Crippen molar-refractivity contribution in [3.05, 3.63) is 29.8 Å². The number of nitrogens with one attached hydrogen (secondary N) is 2. The molecule has 7 nitrogen and oxygen atoms in total. The Morgan fingerprint density at radius 1 is 1.06 bits per heavy atom. The number of quaternary nitrogens is 1. The minimum atomic E-state index is -0.739. The van der Waals surface area contributed by atoms with Gasteiger partial charge in [0.1, 0.15) is 11.6 Å². The molecule has 1 rings (SSSR count). The first-order valence-corrected chi connectivity index (χ1v) is 12.4. The monoisotopic (exact) mass is 503 g/mol. The van der Waals surface area contributed by atoms with Crippen LogP contribution in [0.3, 0.4) is 0 Å². The lowest BCUT2D eigenvalue weighted by molar-refractivity contribution is -0.870. The number of anilines is 1. The highest BCUT2D eigenvalue weighted by Crippen LogP contribution is 2.17. The molecular formula is C24H41Cl2N4O3+. The van der Waals surface area contributed by atoms with Crippen LogP contribution in [0.25, 0.3) is 0 Å². The number of hydrogen-bond donors (Lipinski definition) is 2. The average Bonchev–Trinajstić information content (AvgIpc) is 2.69. The predicted molar refractivity (Wildman–Crippen MR) is 137 cm³/mol. The first kappa shape index (κ1) is 29.3. The van der Waals surface area contributed by atoms with E-state index in [2.05, 4.69) is 36.7 Å². The number of ether oxygens (including phenoxy) is 1. The Kier molecular flexibility index (Phi) is 12.3. The van der Waals surface area contributed by atoms with Crippen LogP contribution in [0, 0.1) is 0 Å². The highest BCUT2D eigenvalue weighted by atomic mass is 35.5. The number of amides is 2. The molecular weight excluding hydrogens is 463 g/mol. The predicted octanol–water partition coefficient (Wildman–Crippen LogP) is 3.62. The van der Waals surface area contributed by atoms with Crippen molar-refractivity contribution in [2.75, 3.05) is 64.0 Å². The number of carbonyl (C=O) groups excluding carboxylic acids is 2. The van der Waals surface area contributed by atoms with Gasteiger partial charge in [-0.1, -0.05) is 12.1 Å². The molecule has 2 N–H and O–H groups in total. The van der Waals surface area contributed by atoms with E-state index in [1.807, 2.05) is 24.3 Å². The smallest absolute Gasteiger partial charge is 0.408 e. The molecule has 0 aliphatic rings. The van der Waals surface area contributed by atoms with E-state index in [4.69, 9.17) is 27.9 Å². The summed E-state index contributed by atoms with van der Waals surface area (Å²) in [5.74, 6) is 0.793. The Bertz CT molecular complexity index is 725. The maximum atomic E-state index is 12.9. The van der Waals surface area contributed by atoms with Gasteiger partial charge in [-0.2, -0.15) is 0 Å². The van der Waals surface area contributed by atoms with Crippen molar-refractivity contribution in [1.82, 2.24) is 10.6 Å². The minimum absolute atomic E-state index is 0.225. The summed E-state index contributed by atoms with van der Waals surface area (Å²) in [6.07, 6.45) is 0.590. The molecule has 0 fully saturated rings. The molecule has 0 heterocycles. The molecule has 0 radical (unpaired) electrons. The Morgan fingerprint density at radius 2 is 1.64 bits per heavy atom.